The van der Waals surface area contributed by atoms with Crippen LogP contribution < -0.4 is 4.74 Å². The zero-order chi connectivity index (χ0) is 15.7. The highest BCUT2D eigenvalue weighted by molar-refractivity contribution is 5.73. The van der Waals surface area contributed by atoms with Crippen molar-refractivity contribution < 1.29 is 28.9 Å². The van der Waals surface area contributed by atoms with Gasteiger partial charge in [-0.15, -0.1) is 0 Å². The number of carbonyl (C=O) groups excluding carboxylic acids is 2. The second-order valence-corrected chi connectivity index (χ2v) is 4.51. The summed E-state index contributed by atoms with van der Waals surface area (Å²) >= 11 is 0. The molecule has 6 heteroatoms. The fourth-order valence-electron chi connectivity index (χ4n) is 1.69. The molecule has 0 saturated heterocycles. The van der Waals surface area contributed by atoms with Crippen molar-refractivity contribution in [2.24, 2.45) is 5.92 Å². The zero-order valence-electron chi connectivity index (χ0n) is 12.2. The largest absolute Gasteiger partial charge is 0.497 e. The molecule has 0 aliphatic rings. The molecule has 2 atom stereocenters. The smallest absolute Gasteiger partial charge is 0.306 e. The van der Waals surface area contributed by atoms with Gasteiger partial charge in [0, 0.05) is 0 Å². The van der Waals surface area contributed by atoms with Crippen molar-refractivity contribution in [2.45, 2.75) is 19.1 Å². The molecule has 0 aliphatic heterocycles. The van der Waals surface area contributed by atoms with Crippen LogP contribution in [0.5, 0.6) is 5.75 Å². The molecular weight excluding hydrogens is 276 g/mol. The van der Waals surface area contributed by atoms with E-state index < -0.39 is 18.0 Å². The lowest BCUT2D eigenvalue weighted by Crippen LogP contribution is -2.29. The molecule has 1 N–H and O–H groups in total. The number of hydrogen-bond acceptors (Lipinski definition) is 6. The number of benzene rings is 1. The Kier molecular flexibility index (Phi) is 7.42. The molecular formula is C15H20O6. The average molecular weight is 296 g/mol. The maximum Gasteiger partial charge on any atom is 0.306 e. The monoisotopic (exact) mass is 296 g/mol. The van der Waals surface area contributed by atoms with Gasteiger partial charge in [0.15, 0.2) is 0 Å². The summed E-state index contributed by atoms with van der Waals surface area (Å²) in [6, 6.07) is 7.30. The topological polar surface area (TPSA) is 82.1 Å². The van der Waals surface area contributed by atoms with Gasteiger partial charge in [-0.1, -0.05) is 12.1 Å². The van der Waals surface area contributed by atoms with Gasteiger partial charge >= 0.3 is 5.97 Å². The van der Waals surface area contributed by atoms with Gasteiger partial charge in [0.05, 0.1) is 45.9 Å². The van der Waals surface area contributed by atoms with E-state index in [1.807, 2.05) is 12.1 Å². The second kappa shape index (κ2) is 9.10. The normalized spacial score (nSPS) is 13.3. The van der Waals surface area contributed by atoms with Gasteiger partial charge in [-0.25, -0.2) is 0 Å². The first-order valence-electron chi connectivity index (χ1n) is 6.51. The Morgan fingerprint density at radius 2 is 1.95 bits per heavy atom. The van der Waals surface area contributed by atoms with E-state index in [9.17, 15) is 14.7 Å². The average Bonchev–Trinajstić information content (AvgIpc) is 2.52. The summed E-state index contributed by atoms with van der Waals surface area (Å²) in [5.74, 6) is -0.618. The molecule has 0 amide bonds. The number of hydrogen-bond donors (Lipinski definition) is 1. The molecule has 0 fully saturated rings. The van der Waals surface area contributed by atoms with Gasteiger partial charge in [-0.05, 0) is 17.7 Å². The van der Waals surface area contributed by atoms with E-state index in [0.29, 0.717) is 12.9 Å². The third kappa shape index (κ3) is 5.93. The maximum absolute atomic E-state index is 11.1. The number of ether oxygens (including phenoxy) is 3. The number of methoxy groups -OCH3 is 2. The van der Waals surface area contributed by atoms with Gasteiger partial charge in [0.25, 0.3) is 0 Å². The molecule has 1 aromatic carbocycles. The minimum atomic E-state index is -1.04. The first-order chi connectivity index (χ1) is 10.1. The molecule has 0 radical (unpaired) electrons. The van der Waals surface area contributed by atoms with Crippen molar-refractivity contribution in [1.82, 2.24) is 0 Å². The summed E-state index contributed by atoms with van der Waals surface area (Å²) in [6.45, 7) is 0.261. The van der Waals surface area contributed by atoms with Crippen molar-refractivity contribution in [2.75, 3.05) is 20.8 Å². The molecule has 0 unspecified atom stereocenters. The van der Waals surface area contributed by atoms with E-state index in [1.54, 1.807) is 19.2 Å². The summed E-state index contributed by atoms with van der Waals surface area (Å²) in [5, 5.41) is 9.83. The van der Waals surface area contributed by atoms with E-state index in [4.69, 9.17) is 9.47 Å². The molecule has 0 saturated carbocycles. The Hall–Kier alpha value is -1.92. The number of aliphatic hydroxyl groups excluding tert-OH is 1. The Bertz CT molecular complexity index is 442. The maximum atomic E-state index is 11.1. The lowest BCUT2D eigenvalue weighted by molar-refractivity contribution is -0.144. The Balaban J connectivity index is 2.38. The molecule has 0 heterocycles. The summed E-state index contributed by atoms with van der Waals surface area (Å²) in [7, 11) is 2.82. The van der Waals surface area contributed by atoms with Gasteiger partial charge in [-0.2, -0.15) is 0 Å². The van der Waals surface area contributed by atoms with Crippen LogP contribution in [0.3, 0.4) is 0 Å². The third-order valence-electron chi connectivity index (χ3n) is 3.02. The standard InChI is InChI=1S/C15H20O6/c1-19-13-5-3-11(4-6-13)9-21-10-14(17)12(8-16)7-15(18)20-2/h3-6,8,12,14,17H,7,9-10H2,1-2H3/t12-,14-/m1/s1. The van der Waals surface area contributed by atoms with E-state index in [2.05, 4.69) is 4.74 Å². The molecule has 0 bridgehead atoms. The van der Waals surface area contributed by atoms with E-state index in [0.717, 1.165) is 11.3 Å². The first kappa shape index (κ1) is 17.1. The van der Waals surface area contributed by atoms with Crippen molar-refractivity contribution in [1.29, 1.82) is 0 Å². The quantitative estimate of drug-likeness (QED) is 0.540. The van der Waals surface area contributed by atoms with Crippen LogP contribution in [0.15, 0.2) is 24.3 Å². The van der Waals surface area contributed by atoms with Crippen LogP contribution in [-0.2, 0) is 25.7 Å². The third-order valence-corrected chi connectivity index (χ3v) is 3.02. The van der Waals surface area contributed by atoms with Crippen molar-refractivity contribution in [3.63, 3.8) is 0 Å². The summed E-state index contributed by atoms with van der Waals surface area (Å²) in [4.78, 5) is 22.0. The van der Waals surface area contributed by atoms with E-state index in [-0.39, 0.29) is 13.0 Å². The van der Waals surface area contributed by atoms with Crippen LogP contribution in [0.2, 0.25) is 0 Å². The van der Waals surface area contributed by atoms with Crippen molar-refractivity contribution >= 4 is 12.3 Å². The molecule has 6 nitrogen and oxygen atoms in total. The molecule has 0 spiro atoms. The minimum absolute atomic E-state index is 0.0353. The molecule has 116 valence electrons. The molecule has 1 aromatic rings. The predicted octanol–water partition coefficient (Wildman–Crippen LogP) is 0.951. The molecule has 0 aromatic heterocycles. The second-order valence-electron chi connectivity index (χ2n) is 4.51. The van der Waals surface area contributed by atoms with Gasteiger partial charge in [-0.3, -0.25) is 4.79 Å². The Morgan fingerprint density at radius 3 is 2.48 bits per heavy atom. The Morgan fingerprint density at radius 1 is 1.29 bits per heavy atom. The summed E-state index contributed by atoms with van der Waals surface area (Å²) in [6.07, 6.45) is -0.661. The van der Waals surface area contributed by atoms with Crippen LogP contribution in [-0.4, -0.2) is 44.3 Å². The lowest BCUT2D eigenvalue weighted by Gasteiger charge is -2.16. The van der Waals surface area contributed by atoms with Crippen LogP contribution in [0.1, 0.15) is 12.0 Å². The predicted molar refractivity (Wildman–Crippen MR) is 74.8 cm³/mol. The van der Waals surface area contributed by atoms with Gasteiger partial charge in [0.1, 0.15) is 12.0 Å². The fraction of sp³-hybridized carbons (Fsp3) is 0.467. The minimum Gasteiger partial charge on any atom is -0.497 e. The summed E-state index contributed by atoms with van der Waals surface area (Å²) < 4.78 is 14.9. The zero-order valence-corrected chi connectivity index (χ0v) is 12.2. The Labute approximate surface area is 123 Å². The highest BCUT2D eigenvalue weighted by Gasteiger charge is 2.22. The van der Waals surface area contributed by atoms with E-state index in [1.165, 1.54) is 7.11 Å². The number of carbonyl (C=O) groups is 2. The van der Waals surface area contributed by atoms with Gasteiger partial charge in [0.2, 0.25) is 0 Å². The van der Waals surface area contributed by atoms with Crippen molar-refractivity contribution in [3.05, 3.63) is 29.8 Å². The number of rotatable bonds is 9. The number of aliphatic hydroxyl groups is 1. The lowest BCUT2D eigenvalue weighted by atomic mass is 10.0. The SMILES string of the molecule is COC(=O)C[C@H](C=O)[C@H](O)COCc1ccc(OC)cc1. The van der Waals surface area contributed by atoms with Crippen LogP contribution in [0.25, 0.3) is 0 Å². The van der Waals surface area contributed by atoms with Crippen LogP contribution >= 0.6 is 0 Å². The molecule has 21 heavy (non-hydrogen) atoms. The van der Waals surface area contributed by atoms with Gasteiger partial charge < -0.3 is 24.1 Å². The van der Waals surface area contributed by atoms with Crippen LogP contribution in [0.4, 0.5) is 0 Å². The van der Waals surface area contributed by atoms with E-state index >= 15 is 0 Å². The highest BCUT2D eigenvalue weighted by atomic mass is 16.5. The highest BCUT2D eigenvalue weighted by Crippen LogP contribution is 2.13. The number of aldehydes is 1. The van der Waals surface area contributed by atoms with Crippen molar-refractivity contribution in [3.8, 4) is 5.75 Å². The number of esters is 1. The fourth-order valence-corrected chi connectivity index (χ4v) is 1.69. The molecule has 1 rings (SSSR count). The summed E-state index contributed by atoms with van der Waals surface area (Å²) in [5.41, 5.74) is 0.915. The molecule has 0 aliphatic carbocycles. The van der Waals surface area contributed by atoms with Crippen LogP contribution in [0, 0.1) is 5.92 Å². The first-order valence-corrected chi connectivity index (χ1v) is 6.51.